The standard InChI is InChI=1S/C44H46N8O5/c1-3-16-51(40(54)22-45-26-53)24-39-47-35-15-13-29-19-34-32-14-12-30(18-31(32)25-57-37(34)20-33(29)42(35)49-39)36-21-46-38(48-36)23-52(17-4-2)44(56)41(27-8-6-5-7-9-27)50-43(55)28-10-11-28/h5-9,12-15,18-21,26,28,41H,3-4,10-11,16-17,22-25H2,1-2H3,(H,45,53)(H,46,48)(H,47,49)(H,50,55)/t41-/m1/s1. The summed E-state index contributed by atoms with van der Waals surface area (Å²) in [7, 11) is 0. The number of nitrogens with zero attached hydrogens (tertiary/aromatic N) is 4. The number of rotatable bonds is 16. The second-order valence-corrected chi connectivity index (χ2v) is 14.8. The summed E-state index contributed by atoms with van der Waals surface area (Å²) in [4.78, 5) is 70.2. The van der Waals surface area contributed by atoms with Crippen molar-refractivity contribution in [3.8, 4) is 28.1 Å². The second-order valence-electron chi connectivity index (χ2n) is 14.8. The molecule has 1 aliphatic heterocycles. The van der Waals surface area contributed by atoms with Gasteiger partial charge >= 0.3 is 0 Å². The van der Waals surface area contributed by atoms with Crippen LogP contribution in [0.5, 0.6) is 5.75 Å². The summed E-state index contributed by atoms with van der Waals surface area (Å²) < 4.78 is 6.36. The van der Waals surface area contributed by atoms with Crippen molar-refractivity contribution in [2.24, 2.45) is 5.92 Å². The number of benzene rings is 4. The van der Waals surface area contributed by atoms with E-state index in [-0.39, 0.29) is 36.7 Å². The Labute approximate surface area is 330 Å². The molecule has 1 saturated carbocycles. The minimum Gasteiger partial charge on any atom is -0.488 e. The number of amides is 4. The van der Waals surface area contributed by atoms with Gasteiger partial charge in [0.15, 0.2) is 0 Å². The highest BCUT2D eigenvalue weighted by Crippen LogP contribution is 2.42. The highest BCUT2D eigenvalue weighted by Gasteiger charge is 2.35. The average molecular weight is 767 g/mol. The molecule has 13 heteroatoms. The maximum absolute atomic E-state index is 14.0. The van der Waals surface area contributed by atoms with E-state index < -0.39 is 6.04 Å². The van der Waals surface area contributed by atoms with Gasteiger partial charge < -0.3 is 35.1 Å². The molecule has 57 heavy (non-hydrogen) atoms. The first-order valence-electron chi connectivity index (χ1n) is 19.7. The van der Waals surface area contributed by atoms with Crippen molar-refractivity contribution in [1.82, 2.24) is 40.4 Å². The Kier molecular flexibility index (Phi) is 10.7. The van der Waals surface area contributed by atoms with Gasteiger partial charge in [-0.15, -0.1) is 0 Å². The number of hydrogen-bond donors (Lipinski definition) is 4. The third kappa shape index (κ3) is 7.95. The monoisotopic (exact) mass is 766 g/mol. The van der Waals surface area contributed by atoms with E-state index in [2.05, 4.69) is 55.9 Å². The average Bonchev–Trinajstić information content (AvgIpc) is 3.85. The summed E-state index contributed by atoms with van der Waals surface area (Å²) in [6, 6.07) is 23.2. The smallest absolute Gasteiger partial charge is 0.250 e. The van der Waals surface area contributed by atoms with Crippen LogP contribution in [-0.4, -0.2) is 73.5 Å². The first kappa shape index (κ1) is 37.4. The van der Waals surface area contributed by atoms with Crippen LogP contribution in [0.4, 0.5) is 0 Å². The van der Waals surface area contributed by atoms with Gasteiger partial charge in [-0.05, 0) is 77.6 Å². The lowest BCUT2D eigenvalue weighted by molar-refractivity contribution is -0.137. The number of carbonyl (C=O) groups excluding carboxylic acids is 4. The van der Waals surface area contributed by atoms with E-state index in [9.17, 15) is 19.2 Å². The molecule has 1 aliphatic carbocycles. The molecular weight excluding hydrogens is 721 g/mol. The second kappa shape index (κ2) is 16.3. The lowest BCUT2D eigenvalue weighted by Gasteiger charge is -2.27. The largest absolute Gasteiger partial charge is 0.488 e. The first-order chi connectivity index (χ1) is 27.8. The van der Waals surface area contributed by atoms with E-state index in [1.54, 1.807) is 16.0 Å². The Balaban J connectivity index is 1.01. The zero-order chi connectivity index (χ0) is 39.5. The Morgan fingerprint density at radius 3 is 2.47 bits per heavy atom. The highest BCUT2D eigenvalue weighted by molar-refractivity contribution is 6.07. The number of nitrogens with one attached hydrogen (secondary N) is 4. The topological polar surface area (TPSA) is 165 Å². The lowest BCUT2D eigenvalue weighted by atomic mass is 9.92. The first-order valence-corrected chi connectivity index (χ1v) is 19.7. The minimum atomic E-state index is -0.763. The van der Waals surface area contributed by atoms with Crippen molar-refractivity contribution in [3.63, 3.8) is 0 Å². The molecular formula is C44H46N8O5. The van der Waals surface area contributed by atoms with Crippen molar-refractivity contribution < 1.29 is 23.9 Å². The van der Waals surface area contributed by atoms with E-state index >= 15 is 0 Å². The van der Waals surface area contributed by atoms with E-state index in [1.165, 1.54) is 0 Å². The third-order valence-corrected chi connectivity index (χ3v) is 10.6. The number of carbonyl (C=O) groups is 4. The summed E-state index contributed by atoms with van der Waals surface area (Å²) in [6.45, 7) is 6.03. The Bertz CT molecular complexity index is 2450. The Morgan fingerprint density at radius 2 is 1.70 bits per heavy atom. The van der Waals surface area contributed by atoms with Gasteiger partial charge in [0.25, 0.3) is 0 Å². The van der Waals surface area contributed by atoms with Crippen LogP contribution < -0.4 is 15.4 Å². The summed E-state index contributed by atoms with van der Waals surface area (Å²) in [5.41, 5.74) is 7.34. The number of hydrogen-bond acceptors (Lipinski definition) is 7. The van der Waals surface area contributed by atoms with Crippen LogP contribution in [0.2, 0.25) is 0 Å². The van der Waals surface area contributed by atoms with E-state index in [0.717, 1.165) is 86.7 Å². The van der Waals surface area contributed by atoms with Crippen LogP contribution in [0.1, 0.15) is 68.3 Å². The number of aromatic nitrogens is 4. The molecule has 0 spiro atoms. The molecule has 0 saturated heterocycles. The molecule has 2 aromatic heterocycles. The van der Waals surface area contributed by atoms with Gasteiger partial charge in [0.2, 0.25) is 24.1 Å². The van der Waals surface area contributed by atoms with Crippen molar-refractivity contribution in [3.05, 3.63) is 102 Å². The molecule has 6 aromatic rings. The number of ether oxygens (including phenoxy) is 1. The predicted molar refractivity (Wildman–Crippen MR) is 216 cm³/mol. The Hall–Kier alpha value is -6.50. The zero-order valence-corrected chi connectivity index (χ0v) is 32.1. The maximum Gasteiger partial charge on any atom is 0.250 e. The molecule has 0 unspecified atom stereocenters. The van der Waals surface area contributed by atoms with Gasteiger partial charge in [0, 0.05) is 30.0 Å². The van der Waals surface area contributed by atoms with Crippen molar-refractivity contribution in [2.75, 3.05) is 19.6 Å². The predicted octanol–water partition coefficient (Wildman–Crippen LogP) is 6.16. The van der Waals surface area contributed by atoms with Crippen LogP contribution in [0.3, 0.4) is 0 Å². The van der Waals surface area contributed by atoms with Crippen molar-refractivity contribution in [2.45, 2.75) is 65.3 Å². The summed E-state index contributed by atoms with van der Waals surface area (Å²) >= 11 is 0. The number of aromatic amines is 2. The molecule has 13 nitrogen and oxygen atoms in total. The molecule has 0 bridgehead atoms. The minimum absolute atomic E-state index is 0.0138. The molecule has 1 atom stereocenters. The fourth-order valence-corrected chi connectivity index (χ4v) is 7.59. The van der Waals surface area contributed by atoms with Gasteiger partial charge in [0.1, 0.15) is 30.0 Å². The SMILES string of the molecule is CCCN(Cc1nc2c(ccc3cc4c(cc32)OCc2cc(-c3cnc(CN(CCC)C(=O)[C@H](NC(=O)C5CC5)c5ccccc5)[nH]3)ccc2-4)[nH]1)C(=O)CNC=O. The molecule has 3 heterocycles. The molecule has 8 rings (SSSR count). The summed E-state index contributed by atoms with van der Waals surface area (Å²) in [6.07, 6.45) is 5.58. The zero-order valence-electron chi connectivity index (χ0n) is 32.1. The quantitative estimate of drug-likeness (QED) is 0.0858. The normalized spacial score (nSPS) is 13.6. The van der Waals surface area contributed by atoms with Gasteiger partial charge in [-0.2, -0.15) is 0 Å². The van der Waals surface area contributed by atoms with Crippen LogP contribution >= 0.6 is 0 Å². The summed E-state index contributed by atoms with van der Waals surface area (Å²) in [5, 5.41) is 7.45. The lowest BCUT2D eigenvalue weighted by Crippen LogP contribution is -2.43. The fraction of sp³-hybridized carbons (Fsp3) is 0.318. The van der Waals surface area contributed by atoms with Crippen LogP contribution in [0, 0.1) is 5.92 Å². The van der Waals surface area contributed by atoms with E-state index in [1.807, 2.05) is 56.3 Å². The third-order valence-electron chi connectivity index (χ3n) is 10.6. The van der Waals surface area contributed by atoms with Crippen LogP contribution in [-0.2, 0) is 38.9 Å². The van der Waals surface area contributed by atoms with Gasteiger partial charge in [-0.1, -0.05) is 62.4 Å². The highest BCUT2D eigenvalue weighted by atomic mass is 16.5. The molecule has 1 fully saturated rings. The summed E-state index contributed by atoms with van der Waals surface area (Å²) in [5.74, 6) is 1.69. The number of imidazole rings is 2. The molecule has 0 radical (unpaired) electrons. The van der Waals surface area contributed by atoms with Gasteiger partial charge in [0.05, 0.1) is 42.6 Å². The van der Waals surface area contributed by atoms with Crippen molar-refractivity contribution >= 4 is 45.9 Å². The molecule has 4 N–H and O–H groups in total. The maximum atomic E-state index is 14.0. The van der Waals surface area contributed by atoms with Crippen molar-refractivity contribution in [1.29, 1.82) is 0 Å². The molecule has 2 aliphatic rings. The Morgan fingerprint density at radius 1 is 0.912 bits per heavy atom. The number of H-pyrrole nitrogens is 2. The number of fused-ring (bicyclic) bond motifs is 6. The van der Waals surface area contributed by atoms with E-state index in [0.29, 0.717) is 44.3 Å². The van der Waals surface area contributed by atoms with Crippen LogP contribution in [0.15, 0.2) is 79.0 Å². The van der Waals surface area contributed by atoms with Gasteiger partial charge in [-0.3, -0.25) is 19.2 Å². The molecule has 4 aromatic carbocycles. The van der Waals surface area contributed by atoms with E-state index in [4.69, 9.17) is 9.72 Å². The van der Waals surface area contributed by atoms with Gasteiger partial charge in [-0.25, -0.2) is 9.97 Å². The molecule has 4 amide bonds. The molecule has 292 valence electrons. The fourth-order valence-electron chi connectivity index (χ4n) is 7.59. The van der Waals surface area contributed by atoms with Crippen LogP contribution in [0.25, 0.3) is 44.2 Å².